The molecule has 0 amide bonds. The number of hydrogen-bond acceptors (Lipinski definition) is 2. The average molecular weight is 145 g/mol. The number of rotatable bonds is 7. The van der Waals surface area contributed by atoms with Crippen LogP contribution in [-0.2, 0) is 4.74 Å². The lowest BCUT2D eigenvalue weighted by Gasteiger charge is -2.01. The molecule has 1 N–H and O–H groups in total. The van der Waals surface area contributed by atoms with Gasteiger partial charge < -0.3 is 10.1 Å². The van der Waals surface area contributed by atoms with Gasteiger partial charge in [-0.1, -0.05) is 13.8 Å². The summed E-state index contributed by atoms with van der Waals surface area (Å²) in [6.45, 7) is 8.21. The molecule has 0 radical (unpaired) electrons. The van der Waals surface area contributed by atoms with Gasteiger partial charge in [0.15, 0.2) is 0 Å². The van der Waals surface area contributed by atoms with E-state index in [1.54, 1.807) is 0 Å². The molecule has 62 valence electrons. The summed E-state index contributed by atoms with van der Waals surface area (Å²) >= 11 is 0. The number of nitrogens with one attached hydrogen (secondary N) is 1. The lowest BCUT2D eigenvalue weighted by molar-refractivity contribution is 0.132. The molecular formula is C8H19NO. The summed E-state index contributed by atoms with van der Waals surface area (Å²) < 4.78 is 5.29. The second-order valence-corrected chi connectivity index (χ2v) is 2.32. The summed E-state index contributed by atoms with van der Waals surface area (Å²) in [6, 6.07) is 0. The summed E-state index contributed by atoms with van der Waals surface area (Å²) in [5.74, 6) is 0. The number of ether oxygens (including phenoxy) is 1. The van der Waals surface area contributed by atoms with Crippen molar-refractivity contribution in [1.29, 1.82) is 0 Å². The van der Waals surface area contributed by atoms with Crippen molar-refractivity contribution >= 4 is 0 Å². The van der Waals surface area contributed by atoms with Crippen LogP contribution in [0.25, 0.3) is 0 Å². The van der Waals surface area contributed by atoms with Crippen LogP contribution in [0.3, 0.4) is 0 Å². The maximum Gasteiger partial charge on any atom is 0.0478 e. The lowest BCUT2D eigenvalue weighted by atomic mass is 10.4. The third-order valence-electron chi connectivity index (χ3n) is 1.24. The Labute approximate surface area is 64.0 Å². The first-order valence-corrected chi connectivity index (χ1v) is 4.20. The van der Waals surface area contributed by atoms with Crippen LogP contribution in [0, 0.1) is 0 Å². The third-order valence-corrected chi connectivity index (χ3v) is 1.24. The van der Waals surface area contributed by atoms with Gasteiger partial charge in [-0.3, -0.25) is 0 Å². The van der Waals surface area contributed by atoms with E-state index in [2.05, 4.69) is 19.2 Å². The minimum absolute atomic E-state index is 0.904. The van der Waals surface area contributed by atoms with Gasteiger partial charge in [0.2, 0.25) is 0 Å². The van der Waals surface area contributed by atoms with E-state index in [0.717, 1.165) is 39.1 Å². The van der Waals surface area contributed by atoms with Gasteiger partial charge in [0.25, 0.3) is 0 Å². The Kier molecular flexibility index (Phi) is 8.85. The fraction of sp³-hybridized carbons (Fsp3) is 1.00. The Morgan fingerprint density at radius 3 is 2.60 bits per heavy atom. The van der Waals surface area contributed by atoms with Crippen molar-refractivity contribution < 1.29 is 4.74 Å². The molecular weight excluding hydrogens is 126 g/mol. The van der Waals surface area contributed by atoms with E-state index in [1.165, 1.54) is 0 Å². The molecule has 2 nitrogen and oxygen atoms in total. The van der Waals surface area contributed by atoms with Gasteiger partial charge >= 0.3 is 0 Å². The predicted octanol–water partition coefficient (Wildman–Crippen LogP) is 1.41. The summed E-state index contributed by atoms with van der Waals surface area (Å²) in [5.41, 5.74) is 0. The standard InChI is InChI=1S/C8H19NO/c1-3-7-10-8-5-6-9-4-2/h9H,3-8H2,1-2H3. The molecule has 0 aliphatic carbocycles. The van der Waals surface area contributed by atoms with Crippen LogP contribution in [0.2, 0.25) is 0 Å². The van der Waals surface area contributed by atoms with E-state index in [0.29, 0.717) is 0 Å². The number of hydrogen-bond donors (Lipinski definition) is 1. The molecule has 0 heterocycles. The van der Waals surface area contributed by atoms with Gasteiger partial charge in [0.1, 0.15) is 0 Å². The zero-order valence-electron chi connectivity index (χ0n) is 7.15. The second-order valence-electron chi connectivity index (χ2n) is 2.32. The maximum absolute atomic E-state index is 5.29. The van der Waals surface area contributed by atoms with Crippen LogP contribution in [0.5, 0.6) is 0 Å². The van der Waals surface area contributed by atoms with Crippen molar-refractivity contribution in [2.75, 3.05) is 26.3 Å². The molecule has 0 fully saturated rings. The molecule has 0 aliphatic rings. The van der Waals surface area contributed by atoms with Crippen molar-refractivity contribution in [2.45, 2.75) is 26.7 Å². The molecule has 0 saturated heterocycles. The Bertz CT molecular complexity index is 49.2. The molecule has 0 aliphatic heterocycles. The first-order chi connectivity index (χ1) is 4.91. The molecule has 0 atom stereocenters. The molecule has 2 heteroatoms. The quantitative estimate of drug-likeness (QED) is 0.547. The second kappa shape index (κ2) is 8.92. The van der Waals surface area contributed by atoms with Crippen molar-refractivity contribution in [3.8, 4) is 0 Å². The van der Waals surface area contributed by atoms with Crippen LogP contribution in [0.1, 0.15) is 26.7 Å². The van der Waals surface area contributed by atoms with E-state index in [-0.39, 0.29) is 0 Å². The summed E-state index contributed by atoms with van der Waals surface area (Å²) in [5, 5.41) is 3.25. The molecule has 0 aromatic rings. The Morgan fingerprint density at radius 2 is 2.00 bits per heavy atom. The van der Waals surface area contributed by atoms with Crippen molar-refractivity contribution in [2.24, 2.45) is 0 Å². The Balaban J connectivity index is 2.65. The normalized spacial score (nSPS) is 10.2. The smallest absolute Gasteiger partial charge is 0.0478 e. The molecule has 0 aromatic carbocycles. The summed E-state index contributed by atoms with van der Waals surface area (Å²) in [4.78, 5) is 0. The highest BCUT2D eigenvalue weighted by Crippen LogP contribution is 1.83. The van der Waals surface area contributed by atoms with Gasteiger partial charge in [-0.2, -0.15) is 0 Å². The largest absolute Gasteiger partial charge is 0.381 e. The molecule has 0 bridgehead atoms. The highest BCUT2D eigenvalue weighted by molar-refractivity contribution is 4.42. The Morgan fingerprint density at radius 1 is 1.20 bits per heavy atom. The highest BCUT2D eigenvalue weighted by Gasteiger charge is 1.85. The van der Waals surface area contributed by atoms with Crippen molar-refractivity contribution in [3.05, 3.63) is 0 Å². The highest BCUT2D eigenvalue weighted by atomic mass is 16.5. The predicted molar refractivity (Wildman–Crippen MR) is 44.3 cm³/mol. The minimum Gasteiger partial charge on any atom is -0.381 e. The van der Waals surface area contributed by atoms with Gasteiger partial charge in [0, 0.05) is 13.2 Å². The van der Waals surface area contributed by atoms with Gasteiger partial charge in [0.05, 0.1) is 0 Å². The third kappa shape index (κ3) is 7.92. The van der Waals surface area contributed by atoms with Crippen LogP contribution in [0.15, 0.2) is 0 Å². The van der Waals surface area contributed by atoms with E-state index in [1.807, 2.05) is 0 Å². The lowest BCUT2D eigenvalue weighted by Crippen LogP contribution is -2.15. The first-order valence-electron chi connectivity index (χ1n) is 4.20. The van der Waals surface area contributed by atoms with Gasteiger partial charge in [-0.25, -0.2) is 0 Å². The fourth-order valence-corrected chi connectivity index (χ4v) is 0.722. The van der Waals surface area contributed by atoms with Crippen LogP contribution < -0.4 is 5.32 Å². The molecule has 0 rings (SSSR count). The molecule has 0 unspecified atom stereocenters. The summed E-state index contributed by atoms with van der Waals surface area (Å²) in [7, 11) is 0. The zero-order chi connectivity index (χ0) is 7.66. The average Bonchev–Trinajstić information content (AvgIpc) is 1.97. The van der Waals surface area contributed by atoms with Gasteiger partial charge in [-0.15, -0.1) is 0 Å². The van der Waals surface area contributed by atoms with E-state index >= 15 is 0 Å². The van der Waals surface area contributed by atoms with Crippen molar-refractivity contribution in [3.63, 3.8) is 0 Å². The summed E-state index contributed by atoms with van der Waals surface area (Å²) in [6.07, 6.45) is 2.26. The van der Waals surface area contributed by atoms with E-state index in [9.17, 15) is 0 Å². The molecule has 0 spiro atoms. The Hall–Kier alpha value is -0.0800. The monoisotopic (exact) mass is 145 g/mol. The van der Waals surface area contributed by atoms with E-state index < -0.39 is 0 Å². The van der Waals surface area contributed by atoms with Gasteiger partial charge in [-0.05, 0) is 25.9 Å². The fourth-order valence-electron chi connectivity index (χ4n) is 0.722. The molecule has 0 saturated carbocycles. The maximum atomic E-state index is 5.29. The van der Waals surface area contributed by atoms with Crippen molar-refractivity contribution in [1.82, 2.24) is 5.32 Å². The molecule has 0 aromatic heterocycles. The first kappa shape index (κ1) is 9.92. The zero-order valence-corrected chi connectivity index (χ0v) is 7.15. The topological polar surface area (TPSA) is 21.3 Å². The minimum atomic E-state index is 0.904. The SMILES string of the molecule is CCCOCCCNCC. The van der Waals surface area contributed by atoms with Crippen LogP contribution in [0.4, 0.5) is 0 Å². The van der Waals surface area contributed by atoms with E-state index in [4.69, 9.17) is 4.74 Å². The molecule has 10 heavy (non-hydrogen) atoms. The van der Waals surface area contributed by atoms with Crippen LogP contribution >= 0.6 is 0 Å². The van der Waals surface area contributed by atoms with Crippen LogP contribution in [-0.4, -0.2) is 26.3 Å².